The van der Waals surface area contributed by atoms with Gasteiger partial charge in [-0.3, -0.25) is 14.5 Å². The molecule has 0 saturated carbocycles. The number of hydrogen-bond acceptors (Lipinski definition) is 4. The molecule has 5 rings (SSSR count). The van der Waals surface area contributed by atoms with Crippen molar-refractivity contribution in [3.8, 4) is 0 Å². The quantitative estimate of drug-likeness (QED) is 0.490. The summed E-state index contributed by atoms with van der Waals surface area (Å²) in [7, 11) is 0. The maximum atomic E-state index is 14.5. The van der Waals surface area contributed by atoms with Crippen LogP contribution in [0.2, 0.25) is 5.02 Å². The number of nitrogens with one attached hydrogen (secondary N) is 1. The molecular formula is C29H31ClN4O2. The monoisotopic (exact) mass is 502 g/mol. The summed E-state index contributed by atoms with van der Waals surface area (Å²) in [6, 6.07) is 25.3. The van der Waals surface area contributed by atoms with Crippen LogP contribution in [0.5, 0.6) is 0 Å². The Morgan fingerprint density at radius 1 is 0.861 bits per heavy atom. The first kappa shape index (κ1) is 24.3. The van der Waals surface area contributed by atoms with Crippen molar-refractivity contribution in [1.82, 2.24) is 4.90 Å². The molecule has 1 atom stereocenters. The molecule has 36 heavy (non-hydrogen) atoms. The summed E-state index contributed by atoms with van der Waals surface area (Å²) >= 11 is 6.08. The maximum Gasteiger partial charge on any atom is 0.257 e. The zero-order valence-corrected chi connectivity index (χ0v) is 21.2. The fraction of sp³-hybridized carbons (Fsp3) is 0.310. The highest BCUT2D eigenvalue weighted by Gasteiger charge is 2.55. The van der Waals surface area contributed by atoms with Gasteiger partial charge < -0.3 is 15.1 Å². The molecule has 6 nitrogen and oxygen atoms in total. The predicted molar refractivity (Wildman–Crippen MR) is 146 cm³/mol. The van der Waals surface area contributed by atoms with Gasteiger partial charge in [0, 0.05) is 49.9 Å². The van der Waals surface area contributed by atoms with E-state index >= 15 is 0 Å². The number of piperazine rings is 1. The number of para-hydroxylation sites is 2. The summed E-state index contributed by atoms with van der Waals surface area (Å²) in [4.78, 5) is 34.8. The van der Waals surface area contributed by atoms with Crippen LogP contribution >= 0.6 is 11.6 Å². The molecule has 0 aliphatic carbocycles. The number of anilines is 3. The van der Waals surface area contributed by atoms with Gasteiger partial charge in [-0.25, -0.2) is 0 Å². The number of nitrogens with zero attached hydrogens (tertiary/aromatic N) is 3. The maximum absolute atomic E-state index is 14.5. The number of rotatable bonds is 6. The third-order valence-electron chi connectivity index (χ3n) is 7.18. The lowest BCUT2D eigenvalue weighted by Gasteiger charge is -2.46. The summed E-state index contributed by atoms with van der Waals surface area (Å²) in [5, 5.41) is 3.83. The van der Waals surface area contributed by atoms with Crippen molar-refractivity contribution in [2.24, 2.45) is 0 Å². The van der Waals surface area contributed by atoms with Crippen LogP contribution in [0.4, 0.5) is 17.1 Å². The normalized spacial score (nSPS) is 20.6. The highest BCUT2D eigenvalue weighted by Crippen LogP contribution is 2.37. The molecular weight excluding hydrogens is 472 g/mol. The minimum absolute atomic E-state index is 0.157. The zero-order chi connectivity index (χ0) is 25.1. The minimum atomic E-state index is -1.35. The Hall–Kier alpha value is -3.35. The Kier molecular flexibility index (Phi) is 6.99. The molecule has 0 aromatic heterocycles. The van der Waals surface area contributed by atoms with E-state index < -0.39 is 5.54 Å². The lowest BCUT2D eigenvalue weighted by molar-refractivity contribution is -0.142. The van der Waals surface area contributed by atoms with Crippen LogP contribution in [0.3, 0.4) is 0 Å². The van der Waals surface area contributed by atoms with Crippen molar-refractivity contribution in [2.45, 2.75) is 25.3 Å². The molecule has 2 aliphatic heterocycles. The molecule has 186 valence electrons. The number of hydrogen-bond donors (Lipinski definition) is 1. The van der Waals surface area contributed by atoms with E-state index in [-0.39, 0.29) is 11.8 Å². The average molecular weight is 503 g/mol. The van der Waals surface area contributed by atoms with Crippen molar-refractivity contribution in [3.05, 3.63) is 89.4 Å². The van der Waals surface area contributed by atoms with Crippen LogP contribution in [-0.2, 0) is 16.0 Å². The lowest BCUT2D eigenvalue weighted by Crippen LogP contribution is -2.69. The lowest BCUT2D eigenvalue weighted by atomic mass is 9.85. The summed E-state index contributed by atoms with van der Waals surface area (Å²) < 4.78 is 0. The number of carbonyl (C=O) groups is 2. The van der Waals surface area contributed by atoms with Crippen LogP contribution in [-0.4, -0.2) is 55.0 Å². The standard InChI is InChI=1S/C29H31ClN4O2/c1-2-16-34-26-11-7-6-10-25(26)31-27(35)29(28(34)36,21-22-8-4-3-5-9-22)33-19-17-32(18-20-33)24-14-12-23(30)13-15-24/h3-15H,2,16-21H2,1H3,(H,31,35). The number of fused-ring (bicyclic) bond motifs is 1. The van der Waals surface area contributed by atoms with Gasteiger partial charge >= 0.3 is 0 Å². The Labute approximate surface area is 217 Å². The van der Waals surface area contributed by atoms with E-state index in [9.17, 15) is 9.59 Å². The molecule has 2 aliphatic rings. The van der Waals surface area contributed by atoms with Crippen molar-refractivity contribution >= 4 is 40.5 Å². The SMILES string of the molecule is CCCN1C(=O)C(Cc2ccccc2)(N2CCN(c3ccc(Cl)cc3)CC2)C(=O)Nc2ccccc21. The van der Waals surface area contributed by atoms with Crippen LogP contribution in [0.15, 0.2) is 78.9 Å². The van der Waals surface area contributed by atoms with E-state index in [4.69, 9.17) is 11.6 Å². The molecule has 2 heterocycles. The van der Waals surface area contributed by atoms with Crippen molar-refractivity contribution in [3.63, 3.8) is 0 Å². The van der Waals surface area contributed by atoms with Crippen LogP contribution in [0, 0.1) is 0 Å². The molecule has 1 N–H and O–H groups in total. The number of benzene rings is 3. The van der Waals surface area contributed by atoms with Gasteiger partial charge in [-0.1, -0.05) is 61.0 Å². The molecule has 7 heteroatoms. The smallest absolute Gasteiger partial charge is 0.257 e. The molecule has 3 aromatic carbocycles. The molecule has 1 saturated heterocycles. The van der Waals surface area contributed by atoms with Gasteiger partial charge in [0.2, 0.25) is 0 Å². The van der Waals surface area contributed by atoms with Gasteiger partial charge in [-0.15, -0.1) is 0 Å². The van der Waals surface area contributed by atoms with Crippen molar-refractivity contribution in [1.29, 1.82) is 0 Å². The Morgan fingerprint density at radius 2 is 1.53 bits per heavy atom. The predicted octanol–water partition coefficient (Wildman–Crippen LogP) is 4.84. The first-order chi connectivity index (χ1) is 17.5. The topological polar surface area (TPSA) is 55.9 Å². The van der Waals surface area contributed by atoms with E-state index in [1.54, 1.807) is 0 Å². The summed E-state index contributed by atoms with van der Waals surface area (Å²) in [6.45, 7) is 5.20. The molecule has 0 bridgehead atoms. The molecule has 1 unspecified atom stereocenters. The largest absolute Gasteiger partial charge is 0.369 e. The van der Waals surface area contributed by atoms with E-state index in [0.717, 1.165) is 23.4 Å². The van der Waals surface area contributed by atoms with Crippen LogP contribution in [0.25, 0.3) is 0 Å². The average Bonchev–Trinajstić information content (AvgIpc) is 2.99. The number of amides is 2. The second-order valence-corrected chi connectivity index (χ2v) is 9.84. The Balaban J connectivity index is 1.53. The Bertz CT molecular complexity index is 1230. The fourth-order valence-corrected chi connectivity index (χ4v) is 5.48. The van der Waals surface area contributed by atoms with Crippen molar-refractivity contribution in [2.75, 3.05) is 47.8 Å². The van der Waals surface area contributed by atoms with E-state index in [1.807, 2.05) is 83.8 Å². The third kappa shape index (κ3) is 4.47. The highest BCUT2D eigenvalue weighted by atomic mass is 35.5. The van der Waals surface area contributed by atoms with Crippen molar-refractivity contribution < 1.29 is 9.59 Å². The van der Waals surface area contributed by atoms with Gasteiger partial charge in [0.1, 0.15) is 0 Å². The summed E-state index contributed by atoms with van der Waals surface area (Å²) in [6.07, 6.45) is 1.10. The molecule has 0 spiro atoms. The van der Waals surface area contributed by atoms with Gasteiger partial charge in [-0.2, -0.15) is 0 Å². The highest BCUT2D eigenvalue weighted by molar-refractivity contribution is 6.30. The second kappa shape index (κ2) is 10.3. The first-order valence-corrected chi connectivity index (χ1v) is 12.9. The van der Waals surface area contributed by atoms with Gasteiger partial charge in [0.25, 0.3) is 11.8 Å². The minimum Gasteiger partial charge on any atom is -0.369 e. The first-order valence-electron chi connectivity index (χ1n) is 12.5. The van der Waals surface area contributed by atoms with E-state index in [2.05, 4.69) is 22.0 Å². The fourth-order valence-electron chi connectivity index (χ4n) is 5.35. The third-order valence-corrected chi connectivity index (χ3v) is 7.43. The summed E-state index contributed by atoms with van der Waals surface area (Å²) in [5.41, 5.74) is 2.14. The molecule has 3 aromatic rings. The van der Waals surface area contributed by atoms with Crippen LogP contribution in [0.1, 0.15) is 18.9 Å². The summed E-state index contributed by atoms with van der Waals surface area (Å²) in [5.74, 6) is -0.419. The van der Waals surface area contributed by atoms with E-state index in [0.29, 0.717) is 49.9 Å². The van der Waals surface area contributed by atoms with Gasteiger partial charge in [0.15, 0.2) is 5.54 Å². The second-order valence-electron chi connectivity index (χ2n) is 9.40. The molecule has 0 radical (unpaired) electrons. The zero-order valence-electron chi connectivity index (χ0n) is 20.5. The molecule has 2 amide bonds. The van der Waals surface area contributed by atoms with Crippen LogP contribution < -0.4 is 15.1 Å². The van der Waals surface area contributed by atoms with Gasteiger partial charge in [0.05, 0.1) is 11.4 Å². The van der Waals surface area contributed by atoms with E-state index in [1.165, 1.54) is 0 Å². The Morgan fingerprint density at radius 3 is 2.22 bits per heavy atom. The number of carbonyl (C=O) groups excluding carboxylic acids is 2. The van der Waals surface area contributed by atoms with Gasteiger partial charge in [-0.05, 0) is 48.4 Å². The molecule has 1 fully saturated rings. The number of halogens is 1.